The summed E-state index contributed by atoms with van der Waals surface area (Å²) in [6.45, 7) is 3.71. The van der Waals surface area contributed by atoms with E-state index in [-0.39, 0.29) is 6.42 Å². The highest BCUT2D eigenvalue weighted by molar-refractivity contribution is 5.80. The second kappa shape index (κ2) is 6.93. The number of carbonyl (C=O) groups is 2. The van der Waals surface area contributed by atoms with Crippen LogP contribution in [0.4, 0.5) is 0 Å². The standard InChI is InChI=1S/C15H20O5/c1-5-20-14(17)9-15(2,10-16)11-6-7-12(18-3)13(8-11)19-4/h6-8,10H,5,9H2,1-4H3. The smallest absolute Gasteiger partial charge is 0.307 e. The predicted octanol–water partition coefficient (Wildman–Crippen LogP) is 2.11. The van der Waals surface area contributed by atoms with Crippen molar-refractivity contribution in [3.8, 4) is 11.5 Å². The monoisotopic (exact) mass is 280 g/mol. The van der Waals surface area contributed by atoms with Crippen molar-refractivity contribution >= 4 is 12.3 Å². The van der Waals surface area contributed by atoms with Gasteiger partial charge in [0.05, 0.1) is 32.7 Å². The predicted molar refractivity (Wildman–Crippen MR) is 74.2 cm³/mol. The maximum absolute atomic E-state index is 11.6. The van der Waals surface area contributed by atoms with Crippen LogP contribution in [0.1, 0.15) is 25.8 Å². The van der Waals surface area contributed by atoms with Crippen LogP contribution in [-0.4, -0.2) is 33.1 Å². The molecular weight excluding hydrogens is 260 g/mol. The van der Waals surface area contributed by atoms with E-state index >= 15 is 0 Å². The highest BCUT2D eigenvalue weighted by atomic mass is 16.5. The summed E-state index contributed by atoms with van der Waals surface area (Å²) in [6.07, 6.45) is 0.741. The van der Waals surface area contributed by atoms with Crippen LogP contribution in [0, 0.1) is 0 Å². The Balaban J connectivity index is 3.10. The average molecular weight is 280 g/mol. The van der Waals surface area contributed by atoms with Crippen molar-refractivity contribution in [2.75, 3.05) is 20.8 Å². The van der Waals surface area contributed by atoms with Crippen LogP contribution >= 0.6 is 0 Å². The minimum atomic E-state index is -0.953. The lowest BCUT2D eigenvalue weighted by Gasteiger charge is -2.23. The van der Waals surface area contributed by atoms with E-state index in [1.165, 1.54) is 14.2 Å². The Hall–Kier alpha value is -2.04. The van der Waals surface area contributed by atoms with Gasteiger partial charge in [0.25, 0.3) is 0 Å². The molecule has 1 rings (SSSR count). The number of rotatable bonds is 7. The van der Waals surface area contributed by atoms with E-state index in [9.17, 15) is 9.59 Å². The van der Waals surface area contributed by atoms with Crippen LogP contribution in [0.15, 0.2) is 18.2 Å². The number of hydrogen-bond donors (Lipinski definition) is 0. The van der Waals surface area contributed by atoms with Crippen LogP contribution in [-0.2, 0) is 19.7 Å². The maximum atomic E-state index is 11.6. The first-order valence-electron chi connectivity index (χ1n) is 6.35. The topological polar surface area (TPSA) is 61.8 Å². The highest BCUT2D eigenvalue weighted by Crippen LogP contribution is 2.34. The van der Waals surface area contributed by atoms with Gasteiger partial charge < -0.3 is 19.0 Å². The molecule has 0 saturated heterocycles. The third kappa shape index (κ3) is 3.50. The minimum Gasteiger partial charge on any atom is -0.493 e. The lowest BCUT2D eigenvalue weighted by Crippen LogP contribution is -2.28. The molecule has 0 radical (unpaired) electrons. The zero-order chi connectivity index (χ0) is 15.2. The van der Waals surface area contributed by atoms with Crippen molar-refractivity contribution in [3.63, 3.8) is 0 Å². The van der Waals surface area contributed by atoms with E-state index in [4.69, 9.17) is 14.2 Å². The van der Waals surface area contributed by atoms with Crippen molar-refractivity contribution in [2.24, 2.45) is 0 Å². The van der Waals surface area contributed by atoms with E-state index in [0.29, 0.717) is 23.7 Å². The van der Waals surface area contributed by atoms with Gasteiger partial charge >= 0.3 is 5.97 Å². The van der Waals surface area contributed by atoms with Gasteiger partial charge in [-0.3, -0.25) is 4.79 Å². The molecule has 0 aliphatic heterocycles. The zero-order valence-corrected chi connectivity index (χ0v) is 12.3. The van der Waals surface area contributed by atoms with Crippen molar-refractivity contribution in [3.05, 3.63) is 23.8 Å². The average Bonchev–Trinajstić information content (AvgIpc) is 2.46. The fraction of sp³-hybridized carbons (Fsp3) is 0.467. The molecule has 0 N–H and O–H groups in total. The normalized spacial score (nSPS) is 13.2. The van der Waals surface area contributed by atoms with Crippen LogP contribution in [0.5, 0.6) is 11.5 Å². The molecule has 0 bridgehead atoms. The van der Waals surface area contributed by atoms with Crippen molar-refractivity contribution < 1.29 is 23.8 Å². The summed E-state index contributed by atoms with van der Waals surface area (Å²) in [4.78, 5) is 23.1. The van der Waals surface area contributed by atoms with Gasteiger partial charge in [-0.05, 0) is 31.5 Å². The third-order valence-electron chi connectivity index (χ3n) is 3.12. The molecule has 0 amide bonds. The molecule has 110 valence electrons. The Morgan fingerprint density at radius 1 is 1.25 bits per heavy atom. The van der Waals surface area contributed by atoms with Crippen LogP contribution < -0.4 is 9.47 Å². The lowest BCUT2D eigenvalue weighted by atomic mass is 9.81. The molecule has 0 aliphatic carbocycles. The lowest BCUT2D eigenvalue weighted by molar-refractivity contribution is -0.145. The van der Waals surface area contributed by atoms with Crippen molar-refractivity contribution in [2.45, 2.75) is 25.7 Å². The van der Waals surface area contributed by atoms with Crippen molar-refractivity contribution in [1.29, 1.82) is 0 Å². The van der Waals surface area contributed by atoms with E-state index < -0.39 is 11.4 Å². The summed E-state index contributed by atoms with van der Waals surface area (Å²) in [6, 6.07) is 5.16. The molecule has 0 fully saturated rings. The van der Waals surface area contributed by atoms with Crippen LogP contribution in [0.2, 0.25) is 0 Å². The Morgan fingerprint density at radius 2 is 1.90 bits per heavy atom. The van der Waals surface area contributed by atoms with Gasteiger partial charge in [-0.1, -0.05) is 6.07 Å². The van der Waals surface area contributed by atoms with Gasteiger partial charge in [0.15, 0.2) is 11.5 Å². The maximum Gasteiger partial charge on any atom is 0.307 e. The second-order valence-electron chi connectivity index (χ2n) is 4.59. The Kier molecular flexibility index (Phi) is 5.55. The van der Waals surface area contributed by atoms with E-state index in [2.05, 4.69) is 0 Å². The van der Waals surface area contributed by atoms with Gasteiger partial charge in [0.2, 0.25) is 0 Å². The van der Waals surface area contributed by atoms with E-state index in [1.807, 2.05) is 0 Å². The molecule has 5 heteroatoms. The number of carbonyl (C=O) groups excluding carboxylic acids is 2. The molecule has 0 spiro atoms. The first-order valence-corrected chi connectivity index (χ1v) is 6.35. The number of esters is 1. The number of hydrogen-bond acceptors (Lipinski definition) is 5. The first kappa shape index (κ1) is 16.0. The number of ether oxygens (including phenoxy) is 3. The number of aldehydes is 1. The first-order chi connectivity index (χ1) is 9.50. The number of benzene rings is 1. The SMILES string of the molecule is CCOC(=O)CC(C)(C=O)c1ccc(OC)c(OC)c1. The molecule has 0 heterocycles. The number of methoxy groups -OCH3 is 2. The van der Waals surface area contributed by atoms with E-state index in [1.54, 1.807) is 32.0 Å². The van der Waals surface area contributed by atoms with Crippen LogP contribution in [0.25, 0.3) is 0 Å². The Labute approximate surface area is 118 Å². The molecule has 0 aliphatic rings. The summed E-state index contributed by atoms with van der Waals surface area (Å²) < 4.78 is 15.3. The van der Waals surface area contributed by atoms with Gasteiger partial charge in [0.1, 0.15) is 6.29 Å². The third-order valence-corrected chi connectivity index (χ3v) is 3.12. The molecule has 0 aromatic heterocycles. The molecular formula is C15H20O5. The van der Waals surface area contributed by atoms with Gasteiger partial charge in [-0.2, -0.15) is 0 Å². The molecule has 1 aromatic carbocycles. The molecule has 1 atom stereocenters. The summed E-state index contributed by atoms with van der Waals surface area (Å²) in [5, 5.41) is 0. The summed E-state index contributed by atoms with van der Waals surface area (Å²) in [5.41, 5.74) is -0.274. The second-order valence-corrected chi connectivity index (χ2v) is 4.59. The zero-order valence-electron chi connectivity index (χ0n) is 12.3. The van der Waals surface area contributed by atoms with Gasteiger partial charge in [-0.15, -0.1) is 0 Å². The fourth-order valence-electron chi connectivity index (χ4n) is 1.92. The molecule has 1 aromatic rings. The highest BCUT2D eigenvalue weighted by Gasteiger charge is 2.31. The quantitative estimate of drug-likeness (QED) is 0.565. The summed E-state index contributed by atoms with van der Waals surface area (Å²) in [5.74, 6) is 0.680. The molecule has 5 nitrogen and oxygen atoms in total. The van der Waals surface area contributed by atoms with Gasteiger partial charge in [0, 0.05) is 0 Å². The van der Waals surface area contributed by atoms with Crippen LogP contribution in [0.3, 0.4) is 0 Å². The molecule has 20 heavy (non-hydrogen) atoms. The molecule has 0 saturated carbocycles. The largest absolute Gasteiger partial charge is 0.493 e. The molecule has 1 unspecified atom stereocenters. The summed E-state index contributed by atoms with van der Waals surface area (Å²) >= 11 is 0. The Morgan fingerprint density at radius 3 is 2.40 bits per heavy atom. The fourth-order valence-corrected chi connectivity index (χ4v) is 1.92. The Bertz CT molecular complexity index is 483. The van der Waals surface area contributed by atoms with E-state index in [0.717, 1.165) is 6.29 Å². The minimum absolute atomic E-state index is 0.0141. The van der Waals surface area contributed by atoms with Gasteiger partial charge in [-0.25, -0.2) is 0 Å². The van der Waals surface area contributed by atoms with Crippen molar-refractivity contribution in [1.82, 2.24) is 0 Å². The summed E-state index contributed by atoms with van der Waals surface area (Å²) in [7, 11) is 3.06.